The van der Waals surface area contributed by atoms with Crippen molar-refractivity contribution < 1.29 is 13.9 Å². The smallest absolute Gasteiger partial charge is 0.280 e. The number of amides is 1. The lowest BCUT2D eigenvalue weighted by molar-refractivity contribution is 0.102. The number of halogens is 2. The van der Waals surface area contributed by atoms with Crippen molar-refractivity contribution in [2.45, 2.75) is 0 Å². The number of aromatic nitrogens is 3. The first kappa shape index (κ1) is 16.7. The molecule has 0 bridgehead atoms. The Kier molecular flexibility index (Phi) is 4.53. The molecule has 3 aromatic rings. The van der Waals surface area contributed by atoms with Crippen LogP contribution in [0.15, 0.2) is 42.5 Å². The summed E-state index contributed by atoms with van der Waals surface area (Å²) in [5.74, 6) is -0.521. The van der Waals surface area contributed by atoms with Crippen LogP contribution in [0.5, 0.6) is 5.75 Å². The van der Waals surface area contributed by atoms with Crippen molar-refractivity contribution in [2.75, 3.05) is 18.2 Å². The fourth-order valence-electron chi connectivity index (χ4n) is 2.18. The molecule has 7 nitrogen and oxygen atoms in total. The number of nitrogen functional groups attached to an aromatic ring is 1. The third kappa shape index (κ3) is 3.38. The van der Waals surface area contributed by atoms with E-state index in [1.165, 1.54) is 36.1 Å². The first-order valence-corrected chi connectivity index (χ1v) is 7.49. The van der Waals surface area contributed by atoms with Gasteiger partial charge in [0.25, 0.3) is 5.91 Å². The molecule has 0 aliphatic heterocycles. The van der Waals surface area contributed by atoms with Crippen LogP contribution >= 0.6 is 11.6 Å². The summed E-state index contributed by atoms with van der Waals surface area (Å²) in [5, 5.41) is 10.7. The molecule has 0 unspecified atom stereocenters. The molecular weight excluding hydrogens is 349 g/mol. The molecule has 0 radical (unpaired) electrons. The molecule has 0 aliphatic carbocycles. The van der Waals surface area contributed by atoms with E-state index >= 15 is 0 Å². The van der Waals surface area contributed by atoms with Crippen molar-refractivity contribution in [3.8, 4) is 11.4 Å². The Balaban J connectivity index is 1.89. The molecule has 0 fully saturated rings. The van der Waals surface area contributed by atoms with E-state index in [-0.39, 0.29) is 11.5 Å². The van der Waals surface area contributed by atoms with E-state index in [4.69, 9.17) is 22.1 Å². The number of hydrogen-bond donors (Lipinski definition) is 2. The summed E-state index contributed by atoms with van der Waals surface area (Å²) >= 11 is 5.94. The van der Waals surface area contributed by atoms with Crippen LogP contribution in [0.3, 0.4) is 0 Å². The molecule has 0 saturated heterocycles. The molecule has 1 heterocycles. The average molecular weight is 362 g/mol. The van der Waals surface area contributed by atoms with Gasteiger partial charge in [-0.2, -0.15) is 4.68 Å². The van der Waals surface area contributed by atoms with Gasteiger partial charge in [-0.05, 0) is 42.5 Å². The first-order chi connectivity index (χ1) is 12.0. The number of methoxy groups -OCH3 is 1. The Morgan fingerprint density at radius 2 is 2.00 bits per heavy atom. The van der Waals surface area contributed by atoms with Gasteiger partial charge in [0, 0.05) is 5.02 Å². The zero-order valence-corrected chi connectivity index (χ0v) is 13.8. The van der Waals surface area contributed by atoms with Gasteiger partial charge in [-0.3, -0.25) is 4.79 Å². The van der Waals surface area contributed by atoms with E-state index in [0.717, 1.165) is 0 Å². The lowest BCUT2D eigenvalue weighted by Gasteiger charge is -2.09. The summed E-state index contributed by atoms with van der Waals surface area (Å²) in [5.41, 5.74) is 6.73. The van der Waals surface area contributed by atoms with Crippen LogP contribution < -0.4 is 15.8 Å². The lowest BCUT2D eigenvalue weighted by atomic mass is 10.2. The largest absolute Gasteiger partial charge is 0.495 e. The summed E-state index contributed by atoms with van der Waals surface area (Å²) in [6, 6.07) is 10.3. The Labute approximate surface area is 147 Å². The molecule has 0 saturated carbocycles. The van der Waals surface area contributed by atoms with Gasteiger partial charge >= 0.3 is 0 Å². The maximum absolute atomic E-state index is 13.0. The number of nitrogens with zero attached hydrogens (tertiary/aromatic N) is 3. The van der Waals surface area contributed by atoms with Crippen LogP contribution in [-0.4, -0.2) is 28.0 Å². The minimum atomic E-state index is -0.577. The highest BCUT2D eigenvalue weighted by molar-refractivity contribution is 6.31. The van der Waals surface area contributed by atoms with E-state index in [9.17, 15) is 9.18 Å². The zero-order valence-electron chi connectivity index (χ0n) is 13.0. The summed E-state index contributed by atoms with van der Waals surface area (Å²) in [7, 11) is 1.47. The standard InChI is InChI=1S/C16H13ClFN5O2/c1-25-13-7-2-9(17)8-12(13)20-16(24)14-15(19)23(22-21-14)11-5-3-10(18)4-6-11/h2-8H,19H2,1H3,(H,20,24). The van der Waals surface area contributed by atoms with Gasteiger partial charge in [0.05, 0.1) is 18.5 Å². The molecule has 1 amide bonds. The molecule has 1 aromatic heterocycles. The number of anilines is 2. The van der Waals surface area contributed by atoms with Gasteiger partial charge in [0.1, 0.15) is 11.6 Å². The summed E-state index contributed by atoms with van der Waals surface area (Å²) in [6.07, 6.45) is 0. The highest BCUT2D eigenvalue weighted by atomic mass is 35.5. The number of hydrogen-bond acceptors (Lipinski definition) is 5. The molecule has 9 heteroatoms. The van der Waals surface area contributed by atoms with Crippen molar-refractivity contribution in [3.05, 3.63) is 59.0 Å². The van der Waals surface area contributed by atoms with Crippen molar-refractivity contribution >= 4 is 29.0 Å². The van der Waals surface area contributed by atoms with E-state index in [0.29, 0.717) is 22.1 Å². The van der Waals surface area contributed by atoms with Crippen molar-refractivity contribution in [1.29, 1.82) is 0 Å². The fraction of sp³-hybridized carbons (Fsp3) is 0.0625. The van der Waals surface area contributed by atoms with E-state index in [1.807, 2.05) is 0 Å². The predicted octanol–water partition coefficient (Wildman–Crippen LogP) is 2.90. The zero-order chi connectivity index (χ0) is 18.0. The lowest BCUT2D eigenvalue weighted by Crippen LogP contribution is -2.15. The second kappa shape index (κ2) is 6.78. The maximum Gasteiger partial charge on any atom is 0.280 e. The summed E-state index contributed by atoms with van der Waals surface area (Å²) < 4.78 is 19.4. The first-order valence-electron chi connectivity index (χ1n) is 7.11. The van der Waals surface area contributed by atoms with Crippen LogP contribution in [0.1, 0.15) is 10.5 Å². The number of carbonyl (C=O) groups is 1. The third-order valence-corrected chi connectivity index (χ3v) is 3.64. The summed E-state index contributed by atoms with van der Waals surface area (Å²) in [4.78, 5) is 12.4. The van der Waals surface area contributed by atoms with Crippen molar-refractivity contribution in [2.24, 2.45) is 0 Å². The van der Waals surface area contributed by atoms with Gasteiger partial charge in [-0.1, -0.05) is 16.8 Å². The van der Waals surface area contributed by atoms with Gasteiger partial charge in [0.15, 0.2) is 11.5 Å². The van der Waals surface area contributed by atoms with Crippen molar-refractivity contribution in [3.63, 3.8) is 0 Å². The second-order valence-corrected chi connectivity index (χ2v) is 5.45. The molecule has 0 atom stereocenters. The second-order valence-electron chi connectivity index (χ2n) is 5.01. The van der Waals surface area contributed by atoms with Gasteiger partial charge < -0.3 is 15.8 Å². The van der Waals surface area contributed by atoms with Gasteiger partial charge in [-0.25, -0.2) is 4.39 Å². The SMILES string of the molecule is COc1ccc(Cl)cc1NC(=O)c1nnn(-c2ccc(F)cc2)c1N. The molecular formula is C16H13ClFN5O2. The summed E-state index contributed by atoms with van der Waals surface area (Å²) in [6.45, 7) is 0. The Hall–Kier alpha value is -3.13. The number of nitrogens with one attached hydrogen (secondary N) is 1. The Bertz CT molecular complexity index is 927. The van der Waals surface area contributed by atoms with Crippen LogP contribution in [0.4, 0.5) is 15.9 Å². The van der Waals surface area contributed by atoms with Gasteiger partial charge in [-0.15, -0.1) is 5.10 Å². The van der Waals surface area contributed by atoms with Crippen LogP contribution in [0, 0.1) is 5.82 Å². The third-order valence-electron chi connectivity index (χ3n) is 3.40. The molecule has 128 valence electrons. The van der Waals surface area contributed by atoms with E-state index in [1.54, 1.807) is 18.2 Å². The van der Waals surface area contributed by atoms with E-state index < -0.39 is 11.7 Å². The van der Waals surface area contributed by atoms with Crippen LogP contribution in [0.2, 0.25) is 5.02 Å². The topological polar surface area (TPSA) is 95.1 Å². The number of carbonyl (C=O) groups excluding carboxylic acids is 1. The Morgan fingerprint density at radius 3 is 2.68 bits per heavy atom. The van der Waals surface area contributed by atoms with Crippen LogP contribution in [0.25, 0.3) is 5.69 Å². The number of ether oxygens (including phenoxy) is 1. The van der Waals surface area contributed by atoms with Gasteiger partial charge in [0.2, 0.25) is 0 Å². The normalized spacial score (nSPS) is 10.5. The van der Waals surface area contributed by atoms with E-state index in [2.05, 4.69) is 15.6 Å². The molecule has 25 heavy (non-hydrogen) atoms. The minimum absolute atomic E-state index is 0.0186. The fourth-order valence-corrected chi connectivity index (χ4v) is 2.36. The Morgan fingerprint density at radius 1 is 1.28 bits per heavy atom. The number of benzene rings is 2. The predicted molar refractivity (Wildman–Crippen MR) is 91.7 cm³/mol. The highest BCUT2D eigenvalue weighted by Gasteiger charge is 2.20. The number of nitrogens with two attached hydrogens (primary N) is 1. The maximum atomic E-state index is 13.0. The average Bonchev–Trinajstić information content (AvgIpc) is 2.97. The molecule has 3 rings (SSSR count). The molecule has 2 aromatic carbocycles. The molecule has 3 N–H and O–H groups in total. The van der Waals surface area contributed by atoms with Crippen molar-refractivity contribution in [1.82, 2.24) is 15.0 Å². The van der Waals surface area contributed by atoms with Crippen LogP contribution in [-0.2, 0) is 0 Å². The monoisotopic (exact) mass is 361 g/mol. The molecule has 0 aliphatic rings. The quantitative estimate of drug-likeness (QED) is 0.745. The number of rotatable bonds is 4. The highest BCUT2D eigenvalue weighted by Crippen LogP contribution is 2.28. The minimum Gasteiger partial charge on any atom is -0.495 e. The molecule has 0 spiro atoms.